The van der Waals surface area contributed by atoms with Crippen molar-refractivity contribution in [1.82, 2.24) is 9.97 Å². The van der Waals surface area contributed by atoms with Crippen LogP contribution in [0.1, 0.15) is 27.0 Å². The number of nitrogens with zero attached hydrogens (tertiary/aromatic N) is 3. The van der Waals surface area contributed by atoms with Crippen molar-refractivity contribution in [1.29, 1.82) is 0 Å². The van der Waals surface area contributed by atoms with Crippen LogP contribution in [0.15, 0.2) is 60.9 Å². The highest BCUT2D eigenvalue weighted by molar-refractivity contribution is 7.22. The van der Waals surface area contributed by atoms with E-state index in [-0.39, 0.29) is 5.91 Å². The fourth-order valence-corrected chi connectivity index (χ4v) is 4.27. The van der Waals surface area contributed by atoms with Crippen molar-refractivity contribution in [2.45, 2.75) is 20.4 Å². The highest BCUT2D eigenvalue weighted by Crippen LogP contribution is 2.33. The zero-order valence-corrected chi connectivity index (χ0v) is 17.1. The molecular weight excluding hydrogens is 390 g/mol. The lowest BCUT2D eigenvalue weighted by atomic mass is 10.1. The number of carbonyl (C=O) groups excluding carboxylic acids is 1. The number of fused-ring (bicyclic) bond motifs is 1. The standard InChI is InChI=1S/C22H18ClN3OS/c1-14-10-15(2)20-19(11-14)25-22(28-20)26(13-16-4-3-9-24-12-16)21(27)17-5-7-18(23)8-6-17/h3-12H,13H2,1-2H3. The molecule has 1 amide bonds. The van der Waals surface area contributed by atoms with Crippen molar-refractivity contribution in [3.8, 4) is 0 Å². The van der Waals surface area contributed by atoms with Gasteiger partial charge in [-0.3, -0.25) is 14.7 Å². The maximum Gasteiger partial charge on any atom is 0.260 e. The first-order chi connectivity index (χ1) is 13.5. The zero-order valence-electron chi connectivity index (χ0n) is 15.5. The molecule has 0 bridgehead atoms. The van der Waals surface area contributed by atoms with E-state index in [1.807, 2.05) is 12.1 Å². The molecule has 4 aromatic rings. The van der Waals surface area contributed by atoms with Crippen molar-refractivity contribution in [3.63, 3.8) is 0 Å². The minimum absolute atomic E-state index is 0.117. The third kappa shape index (κ3) is 3.77. The van der Waals surface area contributed by atoms with Crippen molar-refractivity contribution < 1.29 is 4.79 Å². The Labute approximate surface area is 172 Å². The largest absolute Gasteiger partial charge is 0.279 e. The van der Waals surface area contributed by atoms with Gasteiger partial charge in [0.05, 0.1) is 16.8 Å². The van der Waals surface area contributed by atoms with E-state index in [0.717, 1.165) is 21.3 Å². The molecule has 2 aromatic heterocycles. The Bertz CT molecular complexity index is 1140. The molecule has 0 saturated heterocycles. The van der Waals surface area contributed by atoms with Gasteiger partial charge >= 0.3 is 0 Å². The number of pyridine rings is 1. The summed E-state index contributed by atoms with van der Waals surface area (Å²) in [6.45, 7) is 4.52. The first-order valence-electron chi connectivity index (χ1n) is 8.85. The van der Waals surface area contributed by atoms with Crippen LogP contribution in [0, 0.1) is 13.8 Å². The van der Waals surface area contributed by atoms with E-state index in [1.54, 1.807) is 41.6 Å². The quantitative estimate of drug-likeness (QED) is 0.429. The summed E-state index contributed by atoms with van der Waals surface area (Å²) in [7, 11) is 0. The second-order valence-corrected chi connectivity index (χ2v) is 8.10. The number of amides is 1. The summed E-state index contributed by atoms with van der Waals surface area (Å²) < 4.78 is 1.10. The highest BCUT2D eigenvalue weighted by Gasteiger charge is 2.22. The molecule has 0 aliphatic rings. The molecule has 0 fully saturated rings. The second kappa shape index (κ2) is 7.70. The molecule has 0 spiro atoms. The molecule has 0 atom stereocenters. The third-order valence-electron chi connectivity index (χ3n) is 4.44. The molecule has 140 valence electrons. The molecule has 2 aromatic carbocycles. The highest BCUT2D eigenvalue weighted by atomic mass is 35.5. The van der Waals surface area contributed by atoms with Gasteiger partial charge in [0, 0.05) is 23.0 Å². The Morgan fingerprint density at radius 2 is 1.93 bits per heavy atom. The van der Waals surface area contributed by atoms with Gasteiger partial charge in [0.2, 0.25) is 0 Å². The number of benzene rings is 2. The lowest BCUT2D eigenvalue weighted by Gasteiger charge is -2.20. The molecular formula is C22H18ClN3OS. The monoisotopic (exact) mass is 407 g/mol. The fraction of sp³-hybridized carbons (Fsp3) is 0.136. The number of aryl methyl sites for hydroxylation is 2. The number of hydrogen-bond acceptors (Lipinski definition) is 4. The van der Waals surface area contributed by atoms with Gasteiger partial charge in [-0.2, -0.15) is 0 Å². The van der Waals surface area contributed by atoms with Crippen LogP contribution in [0.4, 0.5) is 5.13 Å². The number of rotatable bonds is 4. The summed E-state index contributed by atoms with van der Waals surface area (Å²) in [4.78, 5) is 24.0. The predicted octanol–water partition coefficient (Wildman–Crippen LogP) is 5.81. The van der Waals surface area contributed by atoms with E-state index in [0.29, 0.717) is 22.3 Å². The summed E-state index contributed by atoms with van der Waals surface area (Å²) >= 11 is 7.52. The number of carbonyl (C=O) groups is 1. The van der Waals surface area contributed by atoms with Crippen LogP contribution in [-0.2, 0) is 6.54 Å². The summed E-state index contributed by atoms with van der Waals surface area (Å²) in [6.07, 6.45) is 3.49. The first-order valence-corrected chi connectivity index (χ1v) is 10.0. The molecule has 28 heavy (non-hydrogen) atoms. The molecule has 0 aliphatic heterocycles. The Hall–Kier alpha value is -2.76. The summed E-state index contributed by atoms with van der Waals surface area (Å²) in [5.74, 6) is -0.117. The van der Waals surface area contributed by atoms with E-state index in [9.17, 15) is 4.79 Å². The normalized spacial score (nSPS) is 11.0. The molecule has 2 heterocycles. The molecule has 0 unspecified atom stereocenters. The smallest absolute Gasteiger partial charge is 0.260 e. The van der Waals surface area contributed by atoms with Crippen LogP contribution in [0.3, 0.4) is 0 Å². The van der Waals surface area contributed by atoms with E-state index < -0.39 is 0 Å². The third-order valence-corrected chi connectivity index (χ3v) is 5.92. The number of thiazole rings is 1. The van der Waals surface area contributed by atoms with E-state index in [4.69, 9.17) is 16.6 Å². The molecule has 0 saturated carbocycles. The molecule has 0 aliphatic carbocycles. The number of anilines is 1. The molecule has 6 heteroatoms. The number of halogens is 1. The van der Waals surface area contributed by atoms with Crippen molar-refractivity contribution >= 4 is 44.2 Å². The Kier molecular flexibility index (Phi) is 5.11. The average molecular weight is 408 g/mol. The summed E-state index contributed by atoms with van der Waals surface area (Å²) in [5.41, 5.74) is 4.75. The minimum atomic E-state index is -0.117. The maximum absolute atomic E-state index is 13.3. The lowest BCUT2D eigenvalue weighted by molar-refractivity contribution is 0.0985. The van der Waals surface area contributed by atoms with Crippen LogP contribution in [0.5, 0.6) is 0 Å². The topological polar surface area (TPSA) is 46.1 Å². The van der Waals surface area contributed by atoms with Crippen LogP contribution in [0.25, 0.3) is 10.2 Å². The van der Waals surface area contributed by atoms with Gasteiger partial charge < -0.3 is 0 Å². The Balaban J connectivity index is 1.79. The van der Waals surface area contributed by atoms with Crippen LogP contribution in [0.2, 0.25) is 5.02 Å². The second-order valence-electron chi connectivity index (χ2n) is 6.69. The molecule has 0 radical (unpaired) electrons. The van der Waals surface area contributed by atoms with Gasteiger partial charge in [0.1, 0.15) is 0 Å². The van der Waals surface area contributed by atoms with Crippen molar-refractivity contribution in [2.24, 2.45) is 0 Å². The van der Waals surface area contributed by atoms with Gasteiger partial charge in [-0.05, 0) is 66.9 Å². The average Bonchev–Trinajstić information content (AvgIpc) is 3.11. The lowest BCUT2D eigenvalue weighted by Crippen LogP contribution is -2.30. The van der Waals surface area contributed by atoms with Gasteiger partial charge in [0.15, 0.2) is 5.13 Å². The van der Waals surface area contributed by atoms with E-state index >= 15 is 0 Å². The van der Waals surface area contributed by atoms with Crippen LogP contribution in [-0.4, -0.2) is 15.9 Å². The summed E-state index contributed by atoms with van der Waals surface area (Å²) in [5, 5.41) is 1.27. The number of aromatic nitrogens is 2. The Morgan fingerprint density at radius 1 is 1.14 bits per heavy atom. The SMILES string of the molecule is Cc1cc(C)c2sc(N(Cc3cccnc3)C(=O)c3ccc(Cl)cc3)nc2c1. The van der Waals surface area contributed by atoms with E-state index in [1.165, 1.54) is 16.9 Å². The van der Waals surface area contributed by atoms with Gasteiger partial charge in [-0.15, -0.1) is 0 Å². The van der Waals surface area contributed by atoms with Crippen LogP contribution >= 0.6 is 22.9 Å². The summed E-state index contributed by atoms with van der Waals surface area (Å²) in [6, 6.07) is 14.9. The molecule has 4 nitrogen and oxygen atoms in total. The predicted molar refractivity (Wildman–Crippen MR) is 115 cm³/mol. The van der Waals surface area contributed by atoms with Gasteiger partial charge in [-0.25, -0.2) is 4.98 Å². The fourth-order valence-electron chi connectivity index (χ4n) is 3.13. The van der Waals surface area contributed by atoms with E-state index in [2.05, 4.69) is 31.0 Å². The Morgan fingerprint density at radius 3 is 2.64 bits per heavy atom. The van der Waals surface area contributed by atoms with Crippen molar-refractivity contribution in [2.75, 3.05) is 4.90 Å². The van der Waals surface area contributed by atoms with Crippen LogP contribution < -0.4 is 4.90 Å². The maximum atomic E-state index is 13.3. The van der Waals surface area contributed by atoms with Gasteiger partial charge in [-0.1, -0.05) is 35.1 Å². The van der Waals surface area contributed by atoms with Crippen molar-refractivity contribution in [3.05, 3.63) is 88.2 Å². The molecule has 0 N–H and O–H groups in total. The zero-order chi connectivity index (χ0) is 19.7. The first kappa shape index (κ1) is 18.6. The van der Waals surface area contributed by atoms with Gasteiger partial charge in [0.25, 0.3) is 5.91 Å². The molecule has 4 rings (SSSR count). The minimum Gasteiger partial charge on any atom is -0.279 e. The number of hydrogen-bond donors (Lipinski definition) is 0.